The first kappa shape index (κ1) is 12.1. The lowest BCUT2D eigenvalue weighted by Crippen LogP contribution is -2.28. The number of halogens is 1. The molecule has 0 aliphatic carbocycles. The second kappa shape index (κ2) is 5.80. The fraction of sp³-hybridized carbons (Fsp3) is 0.455. The van der Waals surface area contributed by atoms with Crippen LogP contribution in [0.4, 0.5) is 4.39 Å². The van der Waals surface area contributed by atoms with E-state index in [-0.39, 0.29) is 5.82 Å². The van der Waals surface area contributed by atoms with Gasteiger partial charge in [0.25, 0.3) is 0 Å². The third kappa shape index (κ3) is 4.38. The number of aliphatic hydroxyl groups is 2. The van der Waals surface area contributed by atoms with Crippen molar-refractivity contribution in [3.05, 3.63) is 35.6 Å². The SMILES string of the molecule is CC(O)CNCC(O)c1cccc(F)c1. The van der Waals surface area contributed by atoms with Gasteiger partial charge in [-0.15, -0.1) is 0 Å². The Labute approximate surface area is 88.6 Å². The Morgan fingerprint density at radius 2 is 2.07 bits per heavy atom. The number of nitrogens with one attached hydrogen (secondary N) is 1. The Balaban J connectivity index is 2.43. The highest BCUT2D eigenvalue weighted by atomic mass is 19.1. The minimum absolute atomic E-state index is 0.300. The zero-order chi connectivity index (χ0) is 11.3. The molecule has 0 aromatic heterocycles. The van der Waals surface area contributed by atoms with Crippen LogP contribution in [0.3, 0.4) is 0 Å². The second-order valence-corrected chi connectivity index (χ2v) is 3.58. The molecule has 3 N–H and O–H groups in total. The molecule has 0 aliphatic heterocycles. The van der Waals surface area contributed by atoms with Crippen molar-refractivity contribution < 1.29 is 14.6 Å². The molecule has 0 saturated carbocycles. The van der Waals surface area contributed by atoms with E-state index >= 15 is 0 Å². The van der Waals surface area contributed by atoms with Gasteiger partial charge in [0.15, 0.2) is 0 Å². The Hall–Kier alpha value is -0.970. The molecule has 2 unspecified atom stereocenters. The van der Waals surface area contributed by atoms with Gasteiger partial charge in [-0.3, -0.25) is 0 Å². The van der Waals surface area contributed by atoms with Gasteiger partial charge in [0.05, 0.1) is 12.2 Å². The number of rotatable bonds is 5. The molecule has 0 aliphatic rings. The monoisotopic (exact) mass is 213 g/mol. The van der Waals surface area contributed by atoms with E-state index in [9.17, 15) is 9.50 Å². The summed E-state index contributed by atoms with van der Waals surface area (Å²) >= 11 is 0. The van der Waals surface area contributed by atoms with Crippen LogP contribution in [0.25, 0.3) is 0 Å². The van der Waals surface area contributed by atoms with Gasteiger partial charge in [-0.25, -0.2) is 4.39 Å². The van der Waals surface area contributed by atoms with E-state index in [1.807, 2.05) is 0 Å². The van der Waals surface area contributed by atoms with Crippen LogP contribution >= 0.6 is 0 Å². The highest BCUT2D eigenvalue weighted by molar-refractivity contribution is 5.18. The van der Waals surface area contributed by atoms with Crippen LogP contribution in [0.15, 0.2) is 24.3 Å². The smallest absolute Gasteiger partial charge is 0.123 e. The summed E-state index contributed by atoms with van der Waals surface area (Å²) in [4.78, 5) is 0. The summed E-state index contributed by atoms with van der Waals surface area (Å²) in [6.07, 6.45) is -1.20. The second-order valence-electron chi connectivity index (χ2n) is 3.58. The zero-order valence-electron chi connectivity index (χ0n) is 8.65. The molecule has 0 heterocycles. The number of hydrogen-bond donors (Lipinski definition) is 3. The van der Waals surface area contributed by atoms with Gasteiger partial charge in [0.2, 0.25) is 0 Å². The standard InChI is InChI=1S/C11H16FNO2/c1-8(14)6-13-7-11(15)9-3-2-4-10(12)5-9/h2-5,8,11,13-15H,6-7H2,1H3. The third-order valence-corrected chi connectivity index (χ3v) is 2.01. The number of aliphatic hydroxyl groups excluding tert-OH is 2. The predicted octanol–water partition coefficient (Wildman–Crippen LogP) is 0.830. The maximum absolute atomic E-state index is 12.8. The Morgan fingerprint density at radius 3 is 2.67 bits per heavy atom. The highest BCUT2D eigenvalue weighted by Gasteiger charge is 2.07. The van der Waals surface area contributed by atoms with Crippen LogP contribution in [0.5, 0.6) is 0 Å². The van der Waals surface area contributed by atoms with Crippen molar-refractivity contribution in [2.75, 3.05) is 13.1 Å². The maximum atomic E-state index is 12.8. The van der Waals surface area contributed by atoms with Crippen LogP contribution in [-0.4, -0.2) is 29.4 Å². The van der Waals surface area contributed by atoms with Crippen LogP contribution in [-0.2, 0) is 0 Å². The highest BCUT2D eigenvalue weighted by Crippen LogP contribution is 2.12. The van der Waals surface area contributed by atoms with Crippen LogP contribution in [0, 0.1) is 5.82 Å². The van der Waals surface area contributed by atoms with E-state index in [0.29, 0.717) is 18.7 Å². The Morgan fingerprint density at radius 1 is 1.33 bits per heavy atom. The lowest BCUT2D eigenvalue weighted by Gasteiger charge is -2.13. The van der Waals surface area contributed by atoms with Crippen molar-refractivity contribution in [2.24, 2.45) is 0 Å². The predicted molar refractivity (Wildman–Crippen MR) is 55.9 cm³/mol. The fourth-order valence-electron chi connectivity index (χ4n) is 1.26. The van der Waals surface area contributed by atoms with Crippen molar-refractivity contribution in [1.82, 2.24) is 5.32 Å². The van der Waals surface area contributed by atoms with Gasteiger partial charge in [-0.2, -0.15) is 0 Å². The molecule has 15 heavy (non-hydrogen) atoms. The molecular formula is C11H16FNO2. The van der Waals surface area contributed by atoms with Crippen molar-refractivity contribution >= 4 is 0 Å². The first-order valence-corrected chi connectivity index (χ1v) is 4.92. The zero-order valence-corrected chi connectivity index (χ0v) is 8.65. The summed E-state index contributed by atoms with van der Waals surface area (Å²) in [5, 5.41) is 21.5. The van der Waals surface area contributed by atoms with E-state index in [0.717, 1.165) is 0 Å². The molecule has 0 bridgehead atoms. The quantitative estimate of drug-likeness (QED) is 0.679. The van der Waals surface area contributed by atoms with Crippen molar-refractivity contribution in [3.63, 3.8) is 0 Å². The number of benzene rings is 1. The molecule has 0 fully saturated rings. The fourth-order valence-corrected chi connectivity index (χ4v) is 1.26. The molecule has 4 heteroatoms. The third-order valence-electron chi connectivity index (χ3n) is 2.01. The number of hydrogen-bond acceptors (Lipinski definition) is 3. The molecule has 0 radical (unpaired) electrons. The molecular weight excluding hydrogens is 197 g/mol. The van der Waals surface area contributed by atoms with Gasteiger partial charge < -0.3 is 15.5 Å². The Bertz CT molecular complexity index is 304. The van der Waals surface area contributed by atoms with E-state index in [1.54, 1.807) is 19.1 Å². The summed E-state index contributed by atoms with van der Waals surface area (Å²) in [5.74, 6) is -0.359. The van der Waals surface area contributed by atoms with Crippen LogP contribution in [0.2, 0.25) is 0 Å². The largest absolute Gasteiger partial charge is 0.392 e. The average molecular weight is 213 g/mol. The minimum atomic E-state index is -0.751. The van der Waals surface area contributed by atoms with E-state index in [2.05, 4.69) is 5.32 Å². The molecule has 1 rings (SSSR count). The van der Waals surface area contributed by atoms with E-state index in [1.165, 1.54) is 12.1 Å². The molecule has 0 spiro atoms. The van der Waals surface area contributed by atoms with E-state index < -0.39 is 12.2 Å². The summed E-state index contributed by atoms with van der Waals surface area (Å²) < 4.78 is 12.8. The lowest BCUT2D eigenvalue weighted by molar-refractivity contribution is 0.154. The van der Waals surface area contributed by atoms with E-state index in [4.69, 9.17) is 5.11 Å². The topological polar surface area (TPSA) is 52.5 Å². The van der Waals surface area contributed by atoms with Gasteiger partial charge in [-0.1, -0.05) is 12.1 Å². The normalized spacial score (nSPS) is 14.9. The first-order chi connectivity index (χ1) is 7.09. The lowest BCUT2D eigenvalue weighted by atomic mass is 10.1. The van der Waals surface area contributed by atoms with Gasteiger partial charge in [0.1, 0.15) is 5.82 Å². The summed E-state index contributed by atoms with van der Waals surface area (Å²) in [6, 6.07) is 5.86. The molecule has 3 nitrogen and oxygen atoms in total. The average Bonchev–Trinajstić information content (AvgIpc) is 2.17. The van der Waals surface area contributed by atoms with Crippen molar-refractivity contribution in [3.8, 4) is 0 Å². The van der Waals surface area contributed by atoms with Crippen LogP contribution < -0.4 is 5.32 Å². The van der Waals surface area contributed by atoms with Crippen molar-refractivity contribution in [2.45, 2.75) is 19.1 Å². The molecule has 1 aromatic rings. The molecule has 2 atom stereocenters. The molecule has 0 amide bonds. The minimum Gasteiger partial charge on any atom is -0.392 e. The summed E-state index contributed by atoms with van der Waals surface area (Å²) in [6.45, 7) is 2.36. The summed E-state index contributed by atoms with van der Waals surface area (Å²) in [7, 11) is 0. The van der Waals surface area contributed by atoms with Gasteiger partial charge in [-0.05, 0) is 24.6 Å². The molecule has 1 aromatic carbocycles. The van der Waals surface area contributed by atoms with Gasteiger partial charge >= 0.3 is 0 Å². The van der Waals surface area contributed by atoms with Gasteiger partial charge in [0, 0.05) is 13.1 Å². The molecule has 84 valence electrons. The van der Waals surface area contributed by atoms with Crippen LogP contribution in [0.1, 0.15) is 18.6 Å². The maximum Gasteiger partial charge on any atom is 0.123 e. The summed E-state index contributed by atoms with van der Waals surface area (Å²) in [5.41, 5.74) is 0.535. The first-order valence-electron chi connectivity index (χ1n) is 4.92. The van der Waals surface area contributed by atoms with Crippen molar-refractivity contribution in [1.29, 1.82) is 0 Å². The molecule has 0 saturated heterocycles. The Kier molecular flexibility index (Phi) is 4.68.